The van der Waals surface area contributed by atoms with Crippen molar-refractivity contribution >= 4 is 29.0 Å². The molecule has 3 N–H and O–H groups in total. The molecule has 0 amide bonds. The summed E-state index contributed by atoms with van der Waals surface area (Å²) in [6, 6.07) is 18.7. The monoisotopic (exact) mass is 477 g/mol. The number of esters is 1. The number of nitrogens with one attached hydrogen (secondary N) is 3. The fraction of sp³-hybridized carbons (Fsp3) is 0.429. The number of carbonyl (C=O) groups is 1. The van der Waals surface area contributed by atoms with Gasteiger partial charge in [0.2, 0.25) is 0 Å². The molecule has 5 nitrogen and oxygen atoms in total. The van der Waals surface area contributed by atoms with Crippen molar-refractivity contribution in [3.8, 4) is 0 Å². The first-order chi connectivity index (χ1) is 16.6. The molecule has 6 heteroatoms. The topological polar surface area (TPSA) is 62.4 Å². The van der Waals surface area contributed by atoms with E-state index in [0.717, 1.165) is 61.9 Å². The highest BCUT2D eigenvalue weighted by atomic mass is 32.1. The lowest BCUT2D eigenvalue weighted by molar-refractivity contribution is -0.140. The highest BCUT2D eigenvalue weighted by Crippen LogP contribution is 2.50. The van der Waals surface area contributed by atoms with E-state index in [1.165, 1.54) is 24.0 Å². The smallest absolute Gasteiger partial charge is 0.336 e. The van der Waals surface area contributed by atoms with Gasteiger partial charge in [-0.3, -0.25) is 10.9 Å². The van der Waals surface area contributed by atoms with Crippen LogP contribution in [0, 0.1) is 5.41 Å². The van der Waals surface area contributed by atoms with Crippen LogP contribution in [0.4, 0.5) is 0 Å². The largest absolute Gasteiger partial charge is 0.463 e. The van der Waals surface area contributed by atoms with Gasteiger partial charge in [0.15, 0.2) is 5.11 Å². The normalized spacial score (nSPS) is 16.9. The average Bonchev–Trinajstić information content (AvgIpc) is 3.08. The van der Waals surface area contributed by atoms with Gasteiger partial charge in [-0.15, -0.1) is 0 Å². The maximum Gasteiger partial charge on any atom is 0.336 e. The van der Waals surface area contributed by atoms with E-state index >= 15 is 0 Å². The van der Waals surface area contributed by atoms with Gasteiger partial charge in [-0.25, -0.2) is 4.79 Å². The summed E-state index contributed by atoms with van der Waals surface area (Å²) in [5, 5.41) is 3.77. The Balaban J connectivity index is 1.57. The van der Waals surface area contributed by atoms with Crippen molar-refractivity contribution in [3.63, 3.8) is 0 Å². The maximum atomic E-state index is 13.4. The Bertz CT molecular complexity index is 1030. The lowest BCUT2D eigenvalue weighted by atomic mass is 9.65. The second kappa shape index (κ2) is 11.5. The second-order valence-electron chi connectivity index (χ2n) is 9.24. The fourth-order valence-corrected chi connectivity index (χ4v) is 5.54. The summed E-state index contributed by atoms with van der Waals surface area (Å²) in [5.74, 6) is -0.217. The molecule has 2 aliphatic carbocycles. The van der Waals surface area contributed by atoms with Gasteiger partial charge in [-0.2, -0.15) is 0 Å². The number of ether oxygens (including phenoxy) is 1. The van der Waals surface area contributed by atoms with Crippen molar-refractivity contribution in [2.24, 2.45) is 5.41 Å². The van der Waals surface area contributed by atoms with Gasteiger partial charge in [0.25, 0.3) is 0 Å². The molecular weight excluding hydrogens is 442 g/mol. The van der Waals surface area contributed by atoms with Gasteiger partial charge in [-0.1, -0.05) is 80.3 Å². The summed E-state index contributed by atoms with van der Waals surface area (Å²) in [7, 11) is 0. The van der Waals surface area contributed by atoms with E-state index in [1.54, 1.807) is 0 Å². The Kier molecular flexibility index (Phi) is 8.22. The fourth-order valence-electron chi connectivity index (χ4n) is 5.38. The molecule has 0 aromatic heterocycles. The molecule has 1 saturated carbocycles. The predicted molar refractivity (Wildman–Crippen MR) is 141 cm³/mol. The summed E-state index contributed by atoms with van der Waals surface area (Å²) in [5.41, 5.74) is 11.4. The molecule has 4 rings (SSSR count). The van der Waals surface area contributed by atoms with Crippen molar-refractivity contribution in [2.75, 3.05) is 13.2 Å². The Morgan fingerprint density at radius 2 is 1.71 bits per heavy atom. The quantitative estimate of drug-likeness (QED) is 0.294. The number of hydrazine groups is 1. The van der Waals surface area contributed by atoms with Gasteiger partial charge in [0.05, 0.1) is 17.9 Å². The third-order valence-corrected chi connectivity index (χ3v) is 7.23. The minimum absolute atomic E-state index is 0.205. The van der Waals surface area contributed by atoms with Crippen molar-refractivity contribution in [1.29, 1.82) is 0 Å². The Morgan fingerprint density at radius 1 is 1.00 bits per heavy atom. The first-order valence-electron chi connectivity index (χ1n) is 12.5. The standard InChI is InChI=1S/C28H35N3O2S/c1-2-33-26(32)24-25(30-31-27(34)29-19-16-21-12-6-5-7-13-21)23-15-9-8-14-22(23)20-28(24)17-10-3-4-11-18-28/h5-9,12-15,30H,2-4,10-11,16-20H2,1H3,(H2,29,31,34). The summed E-state index contributed by atoms with van der Waals surface area (Å²) >= 11 is 5.54. The number of thiocarbonyl (C=S) groups is 1. The molecule has 0 radical (unpaired) electrons. The van der Waals surface area contributed by atoms with E-state index < -0.39 is 0 Å². The molecule has 2 aliphatic rings. The molecule has 1 spiro atoms. The lowest BCUT2D eigenvalue weighted by Gasteiger charge is -2.40. The molecule has 0 aliphatic heterocycles. The predicted octanol–water partition coefficient (Wildman–Crippen LogP) is 5.07. The molecule has 2 aromatic rings. The molecular formula is C28H35N3O2S. The second-order valence-corrected chi connectivity index (χ2v) is 9.65. The van der Waals surface area contributed by atoms with Crippen LogP contribution in [0.3, 0.4) is 0 Å². The minimum Gasteiger partial charge on any atom is -0.463 e. The zero-order chi connectivity index (χ0) is 23.8. The van der Waals surface area contributed by atoms with E-state index in [-0.39, 0.29) is 11.4 Å². The van der Waals surface area contributed by atoms with E-state index in [0.29, 0.717) is 11.7 Å². The lowest BCUT2D eigenvalue weighted by Crippen LogP contribution is -2.46. The van der Waals surface area contributed by atoms with Crippen LogP contribution in [0.25, 0.3) is 5.70 Å². The Labute approximate surface area is 208 Å². The molecule has 0 unspecified atom stereocenters. The molecule has 0 atom stereocenters. The molecule has 180 valence electrons. The molecule has 1 fully saturated rings. The summed E-state index contributed by atoms with van der Waals surface area (Å²) in [6.07, 6.45) is 8.46. The molecule has 2 aromatic carbocycles. The van der Waals surface area contributed by atoms with Crippen molar-refractivity contribution < 1.29 is 9.53 Å². The van der Waals surface area contributed by atoms with Gasteiger partial charge >= 0.3 is 5.97 Å². The first kappa shape index (κ1) is 24.3. The summed E-state index contributed by atoms with van der Waals surface area (Å²) < 4.78 is 5.60. The van der Waals surface area contributed by atoms with Crippen molar-refractivity contribution in [2.45, 2.75) is 58.3 Å². The third-order valence-electron chi connectivity index (χ3n) is 6.98. The van der Waals surface area contributed by atoms with Gasteiger partial charge in [0.1, 0.15) is 0 Å². The van der Waals surface area contributed by atoms with Crippen LogP contribution in [0.5, 0.6) is 0 Å². The summed E-state index contributed by atoms with van der Waals surface area (Å²) in [6.45, 7) is 2.95. The summed E-state index contributed by atoms with van der Waals surface area (Å²) in [4.78, 5) is 13.4. The van der Waals surface area contributed by atoms with Crippen LogP contribution in [0.1, 0.15) is 62.1 Å². The number of rotatable bonds is 7. The Morgan fingerprint density at radius 3 is 2.44 bits per heavy atom. The van der Waals surface area contributed by atoms with E-state index in [2.05, 4.69) is 46.5 Å². The minimum atomic E-state index is -0.217. The van der Waals surface area contributed by atoms with Crippen LogP contribution < -0.4 is 16.2 Å². The number of carbonyl (C=O) groups excluding carboxylic acids is 1. The van der Waals surface area contributed by atoms with Crippen molar-refractivity contribution in [3.05, 3.63) is 76.9 Å². The molecule has 0 bridgehead atoms. The zero-order valence-electron chi connectivity index (χ0n) is 20.0. The number of hydrogen-bond acceptors (Lipinski definition) is 4. The number of fused-ring (bicyclic) bond motifs is 1. The first-order valence-corrected chi connectivity index (χ1v) is 12.9. The Hall–Kier alpha value is -2.86. The van der Waals surface area contributed by atoms with Crippen LogP contribution in [0.15, 0.2) is 60.2 Å². The third kappa shape index (κ3) is 5.61. The van der Waals surface area contributed by atoms with Gasteiger partial charge < -0.3 is 10.1 Å². The SMILES string of the molecule is CCOC(=O)C1=C(NNC(=S)NCCc2ccccc2)c2ccccc2CC12CCCCCC2. The van der Waals surface area contributed by atoms with Crippen LogP contribution >= 0.6 is 12.2 Å². The van der Waals surface area contributed by atoms with Gasteiger partial charge in [0, 0.05) is 17.5 Å². The number of hydrogen-bond donors (Lipinski definition) is 3. The van der Waals surface area contributed by atoms with Crippen LogP contribution in [-0.4, -0.2) is 24.2 Å². The van der Waals surface area contributed by atoms with E-state index in [1.807, 2.05) is 31.2 Å². The number of benzene rings is 2. The van der Waals surface area contributed by atoms with Crippen LogP contribution in [0.2, 0.25) is 0 Å². The molecule has 34 heavy (non-hydrogen) atoms. The average molecular weight is 478 g/mol. The highest BCUT2D eigenvalue weighted by Gasteiger charge is 2.45. The van der Waals surface area contributed by atoms with Gasteiger partial charge in [-0.05, 0) is 56.0 Å². The molecule has 0 saturated heterocycles. The van der Waals surface area contributed by atoms with E-state index in [9.17, 15) is 4.79 Å². The maximum absolute atomic E-state index is 13.4. The highest BCUT2D eigenvalue weighted by molar-refractivity contribution is 7.80. The van der Waals surface area contributed by atoms with E-state index in [4.69, 9.17) is 17.0 Å². The molecule has 0 heterocycles. The zero-order valence-corrected chi connectivity index (χ0v) is 20.8. The van der Waals surface area contributed by atoms with Crippen LogP contribution in [-0.2, 0) is 22.4 Å². The van der Waals surface area contributed by atoms with Crippen molar-refractivity contribution in [1.82, 2.24) is 16.2 Å².